The smallest absolute Gasteiger partial charge is 0.258 e. The summed E-state index contributed by atoms with van der Waals surface area (Å²) in [6.07, 6.45) is 1.14. The number of amides is 1. The quantitative estimate of drug-likeness (QED) is 0.521. The highest BCUT2D eigenvalue weighted by atomic mass is 32.1. The van der Waals surface area contributed by atoms with E-state index >= 15 is 0 Å². The fourth-order valence-electron chi connectivity index (χ4n) is 4.12. The molecule has 0 spiro atoms. The SMILES string of the molecule is Cc1ccccc1C(=O)N(CCN1CCN(CCc2cccs2)CC1)c1ccccc1. The Balaban J connectivity index is 1.34. The summed E-state index contributed by atoms with van der Waals surface area (Å²) in [5.41, 5.74) is 2.77. The summed E-state index contributed by atoms with van der Waals surface area (Å²) < 4.78 is 0. The van der Waals surface area contributed by atoms with Gasteiger partial charge in [0.15, 0.2) is 0 Å². The summed E-state index contributed by atoms with van der Waals surface area (Å²) in [5.74, 6) is 0.0823. The highest BCUT2D eigenvalue weighted by Gasteiger charge is 2.22. The monoisotopic (exact) mass is 433 g/mol. The molecule has 0 bridgehead atoms. The fraction of sp³-hybridized carbons (Fsp3) is 0.346. The minimum absolute atomic E-state index is 0.0823. The molecule has 1 amide bonds. The third kappa shape index (κ3) is 5.82. The first-order chi connectivity index (χ1) is 15.2. The topological polar surface area (TPSA) is 26.8 Å². The Kier molecular flexibility index (Phi) is 7.52. The van der Waals surface area contributed by atoms with Crippen molar-refractivity contribution in [1.82, 2.24) is 9.80 Å². The fourth-order valence-corrected chi connectivity index (χ4v) is 4.81. The molecule has 5 heteroatoms. The van der Waals surface area contributed by atoms with Crippen LogP contribution in [0.3, 0.4) is 0 Å². The first-order valence-electron chi connectivity index (χ1n) is 11.1. The van der Waals surface area contributed by atoms with Crippen molar-refractivity contribution in [2.75, 3.05) is 50.7 Å². The molecule has 162 valence electrons. The number of nitrogens with zero attached hydrogens (tertiary/aromatic N) is 3. The highest BCUT2D eigenvalue weighted by molar-refractivity contribution is 7.09. The normalized spacial score (nSPS) is 15.1. The lowest BCUT2D eigenvalue weighted by atomic mass is 10.1. The summed E-state index contributed by atoms with van der Waals surface area (Å²) >= 11 is 1.85. The van der Waals surface area contributed by atoms with E-state index in [1.54, 1.807) is 0 Å². The molecule has 1 aliphatic heterocycles. The van der Waals surface area contributed by atoms with Crippen LogP contribution in [0.15, 0.2) is 72.1 Å². The van der Waals surface area contributed by atoms with Crippen LogP contribution in [0.5, 0.6) is 0 Å². The maximum absolute atomic E-state index is 13.4. The Morgan fingerprint density at radius 2 is 1.55 bits per heavy atom. The number of hydrogen-bond donors (Lipinski definition) is 0. The third-order valence-electron chi connectivity index (χ3n) is 6.05. The molecule has 0 radical (unpaired) electrons. The van der Waals surface area contributed by atoms with Gasteiger partial charge in [-0.05, 0) is 48.6 Å². The molecule has 1 saturated heterocycles. The van der Waals surface area contributed by atoms with Crippen LogP contribution in [-0.2, 0) is 6.42 Å². The molecule has 2 aromatic carbocycles. The summed E-state index contributed by atoms with van der Waals surface area (Å²) in [4.78, 5) is 21.8. The van der Waals surface area contributed by atoms with Crippen molar-refractivity contribution in [1.29, 1.82) is 0 Å². The van der Waals surface area contributed by atoms with Crippen molar-refractivity contribution >= 4 is 22.9 Å². The number of anilines is 1. The Morgan fingerprint density at radius 1 is 0.871 bits per heavy atom. The number of benzene rings is 2. The second-order valence-corrected chi connectivity index (χ2v) is 9.15. The van der Waals surface area contributed by atoms with Gasteiger partial charge in [-0.3, -0.25) is 9.69 Å². The van der Waals surface area contributed by atoms with E-state index in [9.17, 15) is 4.79 Å². The van der Waals surface area contributed by atoms with Crippen molar-refractivity contribution in [3.63, 3.8) is 0 Å². The molecule has 1 aromatic heterocycles. The molecular formula is C26H31N3OS. The van der Waals surface area contributed by atoms with Crippen LogP contribution in [0.2, 0.25) is 0 Å². The molecule has 0 unspecified atom stereocenters. The largest absolute Gasteiger partial charge is 0.307 e. The minimum atomic E-state index is 0.0823. The molecule has 3 aromatic rings. The van der Waals surface area contributed by atoms with E-state index in [4.69, 9.17) is 0 Å². The molecule has 0 saturated carbocycles. The van der Waals surface area contributed by atoms with Crippen molar-refractivity contribution in [3.05, 3.63) is 88.1 Å². The third-order valence-corrected chi connectivity index (χ3v) is 6.98. The van der Waals surface area contributed by atoms with Gasteiger partial charge in [-0.15, -0.1) is 11.3 Å². The number of rotatable bonds is 8. The summed E-state index contributed by atoms with van der Waals surface area (Å²) in [6.45, 7) is 9.06. The van der Waals surface area contributed by atoms with Gasteiger partial charge >= 0.3 is 0 Å². The Labute approximate surface area is 189 Å². The van der Waals surface area contributed by atoms with Crippen LogP contribution in [0, 0.1) is 6.92 Å². The molecule has 4 rings (SSSR count). The first kappa shape index (κ1) is 21.8. The molecule has 0 aliphatic carbocycles. The van der Waals surface area contributed by atoms with Gasteiger partial charge in [0.2, 0.25) is 0 Å². The molecule has 1 fully saturated rings. The average molecular weight is 434 g/mol. The predicted molar refractivity (Wildman–Crippen MR) is 130 cm³/mol. The summed E-state index contributed by atoms with van der Waals surface area (Å²) in [6, 6.07) is 22.3. The van der Waals surface area contributed by atoms with Gasteiger partial charge in [0, 0.05) is 61.9 Å². The number of para-hydroxylation sites is 1. The lowest BCUT2D eigenvalue weighted by molar-refractivity contribution is 0.0974. The Morgan fingerprint density at radius 3 is 2.23 bits per heavy atom. The maximum atomic E-state index is 13.4. The number of carbonyl (C=O) groups is 1. The molecule has 31 heavy (non-hydrogen) atoms. The maximum Gasteiger partial charge on any atom is 0.258 e. The second-order valence-electron chi connectivity index (χ2n) is 8.12. The Bertz CT molecular complexity index is 950. The number of thiophene rings is 1. The van der Waals surface area contributed by atoms with E-state index in [2.05, 4.69) is 27.3 Å². The molecule has 4 nitrogen and oxygen atoms in total. The Hall–Kier alpha value is -2.47. The number of hydrogen-bond acceptors (Lipinski definition) is 4. The van der Waals surface area contributed by atoms with Gasteiger partial charge in [-0.1, -0.05) is 42.5 Å². The van der Waals surface area contributed by atoms with Crippen molar-refractivity contribution < 1.29 is 4.79 Å². The lowest BCUT2D eigenvalue weighted by Gasteiger charge is -2.36. The average Bonchev–Trinajstić information content (AvgIpc) is 3.33. The summed E-state index contributed by atoms with van der Waals surface area (Å²) in [5, 5.41) is 2.16. The predicted octanol–water partition coefficient (Wildman–Crippen LogP) is 4.56. The zero-order valence-electron chi connectivity index (χ0n) is 18.2. The van der Waals surface area contributed by atoms with Gasteiger partial charge in [-0.2, -0.15) is 0 Å². The van der Waals surface area contributed by atoms with Crippen LogP contribution in [0.1, 0.15) is 20.8 Å². The molecule has 0 N–H and O–H groups in total. The van der Waals surface area contributed by atoms with Crippen LogP contribution in [0.4, 0.5) is 5.69 Å². The number of piperazine rings is 1. The second kappa shape index (κ2) is 10.7. The number of carbonyl (C=O) groups excluding carboxylic acids is 1. The van der Waals surface area contributed by atoms with Gasteiger partial charge in [-0.25, -0.2) is 0 Å². The summed E-state index contributed by atoms with van der Waals surface area (Å²) in [7, 11) is 0. The molecule has 0 atom stereocenters. The van der Waals surface area contributed by atoms with E-state index in [-0.39, 0.29) is 5.91 Å². The molecular weight excluding hydrogens is 402 g/mol. The van der Waals surface area contributed by atoms with E-state index in [0.717, 1.165) is 62.5 Å². The van der Waals surface area contributed by atoms with Crippen molar-refractivity contribution in [2.45, 2.75) is 13.3 Å². The van der Waals surface area contributed by atoms with Gasteiger partial charge in [0.05, 0.1) is 0 Å². The van der Waals surface area contributed by atoms with Crippen LogP contribution < -0.4 is 4.90 Å². The van der Waals surface area contributed by atoms with E-state index in [0.29, 0.717) is 6.54 Å². The molecule has 1 aliphatic rings. The van der Waals surface area contributed by atoms with Gasteiger partial charge in [0.25, 0.3) is 5.91 Å². The standard InChI is InChI=1S/C26H31N3OS/c1-22-8-5-6-12-25(22)26(30)29(23-9-3-2-4-10-23)20-19-28-17-15-27(16-18-28)14-13-24-11-7-21-31-24/h2-12,21H,13-20H2,1H3. The minimum Gasteiger partial charge on any atom is -0.307 e. The highest BCUT2D eigenvalue weighted by Crippen LogP contribution is 2.19. The van der Waals surface area contributed by atoms with E-state index < -0.39 is 0 Å². The van der Waals surface area contributed by atoms with E-state index in [1.807, 2.05) is 77.8 Å². The van der Waals surface area contributed by atoms with E-state index in [1.165, 1.54) is 4.88 Å². The van der Waals surface area contributed by atoms with Crippen LogP contribution >= 0.6 is 11.3 Å². The van der Waals surface area contributed by atoms with Crippen LogP contribution in [0.25, 0.3) is 0 Å². The molecule has 2 heterocycles. The van der Waals surface area contributed by atoms with Crippen molar-refractivity contribution in [3.8, 4) is 0 Å². The first-order valence-corrected chi connectivity index (χ1v) is 12.0. The van der Waals surface area contributed by atoms with Gasteiger partial charge < -0.3 is 9.80 Å². The lowest BCUT2D eigenvalue weighted by Crippen LogP contribution is -2.49. The zero-order valence-corrected chi connectivity index (χ0v) is 19.1. The van der Waals surface area contributed by atoms with Crippen LogP contribution in [-0.4, -0.2) is 61.5 Å². The van der Waals surface area contributed by atoms with Crippen molar-refractivity contribution in [2.24, 2.45) is 0 Å². The zero-order chi connectivity index (χ0) is 21.5. The van der Waals surface area contributed by atoms with Gasteiger partial charge in [0.1, 0.15) is 0 Å². The number of aryl methyl sites for hydroxylation is 1.